The monoisotopic (exact) mass is 206 g/mol. The molecule has 0 amide bonds. The zero-order valence-corrected chi connectivity index (χ0v) is 7.61. The topological polar surface area (TPSA) is 26.3 Å². The predicted octanol–water partition coefficient (Wildman–Crippen LogP) is 2.24. The number of carbonyl (C=O) groups is 1. The Morgan fingerprint density at radius 3 is 2.70 bits per heavy atom. The summed E-state index contributed by atoms with van der Waals surface area (Å²) < 4.78 is 4.63. The second-order valence-corrected chi connectivity index (χ2v) is 2.35. The first-order chi connectivity index (χ1) is 4.72. The van der Waals surface area contributed by atoms with E-state index in [1.54, 1.807) is 0 Å². The van der Waals surface area contributed by atoms with Gasteiger partial charge in [0.2, 0.25) is 0 Å². The molecular weight excluding hydrogens is 196 g/mol. The average Bonchev–Trinajstić information content (AvgIpc) is 1.89. The van der Waals surface area contributed by atoms with Crippen molar-refractivity contribution in [3.05, 3.63) is 12.2 Å². The van der Waals surface area contributed by atoms with Gasteiger partial charge in [-0.3, -0.25) is 0 Å². The molecule has 0 spiro atoms. The molecule has 0 fully saturated rings. The van der Waals surface area contributed by atoms with Crippen LogP contribution in [0.3, 0.4) is 0 Å². The van der Waals surface area contributed by atoms with Crippen molar-refractivity contribution >= 4 is 21.9 Å². The molecule has 3 heteroatoms. The van der Waals surface area contributed by atoms with E-state index in [0.717, 1.165) is 6.42 Å². The molecule has 0 aromatic carbocycles. The lowest BCUT2D eigenvalue weighted by atomic mass is 10.2. The quantitative estimate of drug-likeness (QED) is 0.401. The number of halogens is 1. The van der Waals surface area contributed by atoms with Gasteiger partial charge in [-0.2, -0.15) is 0 Å². The van der Waals surface area contributed by atoms with Gasteiger partial charge in [0.15, 0.2) is 0 Å². The van der Waals surface area contributed by atoms with E-state index in [9.17, 15) is 4.79 Å². The normalized spacial score (nSPS) is 9.00. The van der Waals surface area contributed by atoms with E-state index >= 15 is 0 Å². The molecule has 0 radical (unpaired) electrons. The van der Waals surface area contributed by atoms with E-state index in [1.165, 1.54) is 0 Å². The summed E-state index contributed by atoms with van der Waals surface area (Å²) in [5.74, 6) is -0.307. The number of hydrogen-bond acceptors (Lipinski definition) is 2. The van der Waals surface area contributed by atoms with Crippen LogP contribution in [0.4, 0.5) is 0 Å². The molecule has 0 unspecified atom stereocenters. The van der Waals surface area contributed by atoms with Crippen molar-refractivity contribution in [2.24, 2.45) is 0 Å². The number of ether oxygens (including phenoxy) is 1. The molecule has 0 heterocycles. The number of esters is 1. The highest BCUT2D eigenvalue weighted by Gasteiger charge is 2.04. The van der Waals surface area contributed by atoms with E-state index < -0.39 is 0 Å². The summed E-state index contributed by atoms with van der Waals surface area (Å²) in [7, 11) is 0. The summed E-state index contributed by atoms with van der Waals surface area (Å²) in [6.45, 7) is 5.56. The van der Waals surface area contributed by atoms with Crippen molar-refractivity contribution in [1.29, 1.82) is 0 Å². The first-order valence-electron chi connectivity index (χ1n) is 3.13. The van der Waals surface area contributed by atoms with Crippen LogP contribution in [-0.4, -0.2) is 11.5 Å². The maximum atomic E-state index is 10.8. The Balaban J connectivity index is 3.60. The highest BCUT2D eigenvalue weighted by atomic mass is 79.9. The van der Waals surface area contributed by atoms with Gasteiger partial charge in [-0.25, -0.2) is 4.79 Å². The number of carbonyl (C=O) groups excluding carboxylic acids is 1. The Kier molecular flexibility index (Phi) is 5.30. The van der Waals surface area contributed by atoms with Crippen LogP contribution in [0, 0.1) is 0 Å². The Bertz CT molecular complexity index is 116. The number of hydrogen-bond donors (Lipinski definition) is 0. The van der Waals surface area contributed by atoms with Crippen molar-refractivity contribution in [2.75, 3.05) is 5.52 Å². The SMILES string of the molecule is C=C(CCC)C(=O)OCBr. The van der Waals surface area contributed by atoms with E-state index in [0.29, 0.717) is 12.0 Å². The Morgan fingerprint density at radius 2 is 2.30 bits per heavy atom. The molecule has 0 saturated carbocycles. The third-order valence-corrected chi connectivity index (χ3v) is 1.26. The molecule has 0 aromatic rings. The standard InChI is InChI=1S/C7H11BrO2/c1-3-4-6(2)7(9)10-5-8/h2-5H2,1H3. The Hall–Kier alpha value is -0.310. The molecule has 0 saturated heterocycles. The maximum Gasteiger partial charge on any atom is 0.334 e. The molecule has 0 aliphatic carbocycles. The molecule has 0 bridgehead atoms. The van der Waals surface area contributed by atoms with Crippen LogP contribution >= 0.6 is 15.9 Å². The van der Waals surface area contributed by atoms with E-state index in [2.05, 4.69) is 27.2 Å². The molecule has 0 atom stereocenters. The Morgan fingerprint density at radius 1 is 1.70 bits per heavy atom. The van der Waals surface area contributed by atoms with Crippen LogP contribution in [-0.2, 0) is 9.53 Å². The first-order valence-corrected chi connectivity index (χ1v) is 4.25. The first kappa shape index (κ1) is 9.69. The summed E-state index contributed by atoms with van der Waals surface area (Å²) in [6.07, 6.45) is 1.64. The fourth-order valence-electron chi connectivity index (χ4n) is 0.555. The minimum absolute atomic E-state index is 0.245. The molecule has 0 aromatic heterocycles. The highest BCUT2D eigenvalue weighted by molar-refractivity contribution is 9.09. The molecule has 58 valence electrons. The van der Waals surface area contributed by atoms with Crippen molar-refractivity contribution in [1.82, 2.24) is 0 Å². The lowest BCUT2D eigenvalue weighted by Crippen LogP contribution is -2.04. The van der Waals surface area contributed by atoms with Gasteiger partial charge in [-0.1, -0.05) is 19.9 Å². The lowest BCUT2D eigenvalue weighted by molar-refractivity contribution is -0.136. The fourth-order valence-corrected chi connectivity index (χ4v) is 0.763. The number of alkyl halides is 1. The molecule has 0 aliphatic heterocycles. The summed E-state index contributed by atoms with van der Waals surface area (Å²) in [4.78, 5) is 10.8. The smallest absolute Gasteiger partial charge is 0.334 e. The Labute approximate surface area is 69.4 Å². The predicted molar refractivity (Wildman–Crippen MR) is 43.9 cm³/mol. The van der Waals surface area contributed by atoms with Gasteiger partial charge in [-0.05, 0) is 22.4 Å². The summed E-state index contributed by atoms with van der Waals surface area (Å²) in [5.41, 5.74) is 0.788. The van der Waals surface area contributed by atoms with E-state index in [1.807, 2.05) is 6.92 Å². The van der Waals surface area contributed by atoms with Gasteiger partial charge in [0, 0.05) is 5.57 Å². The van der Waals surface area contributed by atoms with Gasteiger partial charge in [0.25, 0.3) is 0 Å². The summed E-state index contributed by atoms with van der Waals surface area (Å²) in [6, 6.07) is 0. The van der Waals surface area contributed by atoms with Crippen LogP contribution in [0.1, 0.15) is 19.8 Å². The maximum absolute atomic E-state index is 10.8. The third kappa shape index (κ3) is 3.67. The summed E-state index contributed by atoms with van der Waals surface area (Å²) in [5, 5.41) is 0. The van der Waals surface area contributed by atoms with Crippen molar-refractivity contribution in [3.8, 4) is 0 Å². The molecule has 2 nitrogen and oxygen atoms in total. The van der Waals surface area contributed by atoms with Gasteiger partial charge in [0.1, 0.15) is 5.52 Å². The van der Waals surface area contributed by atoms with Crippen LogP contribution < -0.4 is 0 Å². The largest absolute Gasteiger partial charge is 0.451 e. The van der Waals surface area contributed by atoms with Crippen molar-refractivity contribution in [3.63, 3.8) is 0 Å². The molecule has 10 heavy (non-hydrogen) atoms. The minimum atomic E-state index is -0.307. The third-order valence-electron chi connectivity index (χ3n) is 1.03. The van der Waals surface area contributed by atoms with Gasteiger partial charge in [0.05, 0.1) is 0 Å². The zero-order chi connectivity index (χ0) is 7.98. The minimum Gasteiger partial charge on any atom is -0.451 e. The van der Waals surface area contributed by atoms with E-state index in [4.69, 9.17) is 0 Å². The summed E-state index contributed by atoms with van der Waals surface area (Å²) >= 11 is 2.99. The van der Waals surface area contributed by atoms with Crippen molar-refractivity contribution < 1.29 is 9.53 Å². The van der Waals surface area contributed by atoms with Crippen LogP contribution in [0.5, 0.6) is 0 Å². The molecule has 0 aliphatic rings. The van der Waals surface area contributed by atoms with Gasteiger partial charge in [-0.15, -0.1) is 0 Å². The zero-order valence-electron chi connectivity index (χ0n) is 6.02. The average molecular weight is 207 g/mol. The molecule has 0 rings (SSSR count). The van der Waals surface area contributed by atoms with Crippen LogP contribution in [0.25, 0.3) is 0 Å². The molecular formula is C7H11BrO2. The van der Waals surface area contributed by atoms with E-state index in [-0.39, 0.29) is 11.5 Å². The van der Waals surface area contributed by atoms with Gasteiger partial charge < -0.3 is 4.74 Å². The second-order valence-electron chi connectivity index (χ2n) is 1.89. The second kappa shape index (κ2) is 5.47. The number of rotatable bonds is 4. The lowest BCUT2D eigenvalue weighted by Gasteiger charge is -2.01. The van der Waals surface area contributed by atoms with Crippen molar-refractivity contribution in [2.45, 2.75) is 19.8 Å². The van der Waals surface area contributed by atoms with Crippen LogP contribution in [0.2, 0.25) is 0 Å². The van der Waals surface area contributed by atoms with Gasteiger partial charge >= 0.3 is 5.97 Å². The van der Waals surface area contributed by atoms with Crippen LogP contribution in [0.15, 0.2) is 12.2 Å². The fraction of sp³-hybridized carbons (Fsp3) is 0.571. The highest BCUT2D eigenvalue weighted by Crippen LogP contribution is 2.04. The molecule has 0 N–H and O–H groups in total.